The van der Waals surface area contributed by atoms with Crippen LogP contribution in [-0.2, 0) is 9.47 Å². The third-order valence-corrected chi connectivity index (χ3v) is 4.61. The standard InChI is InChI=1S/C15H29NO2/c1-12(2)16-6-9-18-15(11-16)10-13(3)14-4-7-17-8-5-14/h12-15H,4-11H2,1-3H3. The van der Waals surface area contributed by atoms with Crippen LogP contribution in [0.5, 0.6) is 0 Å². The Morgan fingerprint density at radius 3 is 2.50 bits per heavy atom. The minimum atomic E-state index is 0.444. The van der Waals surface area contributed by atoms with Crippen LogP contribution in [0.25, 0.3) is 0 Å². The zero-order valence-electron chi connectivity index (χ0n) is 12.2. The molecule has 2 aliphatic rings. The minimum absolute atomic E-state index is 0.444. The molecule has 2 fully saturated rings. The molecule has 0 aromatic heterocycles. The molecule has 0 saturated carbocycles. The van der Waals surface area contributed by atoms with Gasteiger partial charge in [-0.15, -0.1) is 0 Å². The third kappa shape index (κ3) is 3.94. The van der Waals surface area contributed by atoms with Crippen LogP contribution in [-0.4, -0.2) is 50.0 Å². The van der Waals surface area contributed by atoms with Gasteiger partial charge in [0.1, 0.15) is 0 Å². The molecule has 0 aromatic carbocycles. The van der Waals surface area contributed by atoms with Crippen LogP contribution >= 0.6 is 0 Å². The second-order valence-electron chi connectivity index (χ2n) is 6.24. The highest BCUT2D eigenvalue weighted by atomic mass is 16.5. The summed E-state index contributed by atoms with van der Waals surface area (Å²) >= 11 is 0. The first kappa shape index (κ1) is 14.3. The number of rotatable bonds is 4. The van der Waals surface area contributed by atoms with E-state index < -0.39 is 0 Å². The SMILES string of the molecule is CC(CC1CN(C(C)C)CCO1)C1CCOCC1. The maximum Gasteiger partial charge on any atom is 0.0705 e. The zero-order valence-corrected chi connectivity index (χ0v) is 12.2. The summed E-state index contributed by atoms with van der Waals surface area (Å²) in [5, 5.41) is 0. The van der Waals surface area contributed by atoms with Crippen molar-refractivity contribution in [1.82, 2.24) is 4.90 Å². The quantitative estimate of drug-likeness (QED) is 0.770. The van der Waals surface area contributed by atoms with Gasteiger partial charge in [-0.3, -0.25) is 4.90 Å². The number of morpholine rings is 1. The topological polar surface area (TPSA) is 21.7 Å². The van der Waals surface area contributed by atoms with Gasteiger partial charge in [0.2, 0.25) is 0 Å². The highest BCUT2D eigenvalue weighted by molar-refractivity contribution is 4.78. The molecule has 0 aromatic rings. The third-order valence-electron chi connectivity index (χ3n) is 4.61. The van der Waals surface area contributed by atoms with Crippen molar-refractivity contribution in [1.29, 1.82) is 0 Å². The van der Waals surface area contributed by atoms with Gasteiger partial charge in [0, 0.05) is 32.3 Å². The molecule has 2 aliphatic heterocycles. The van der Waals surface area contributed by atoms with Gasteiger partial charge in [-0.05, 0) is 44.9 Å². The van der Waals surface area contributed by atoms with E-state index in [1.165, 1.54) is 19.3 Å². The first-order valence-electron chi connectivity index (χ1n) is 7.60. The van der Waals surface area contributed by atoms with Gasteiger partial charge in [0.25, 0.3) is 0 Å². The fourth-order valence-electron chi connectivity index (χ4n) is 3.25. The Morgan fingerprint density at radius 1 is 1.11 bits per heavy atom. The van der Waals surface area contributed by atoms with Crippen LogP contribution in [0.15, 0.2) is 0 Å². The predicted molar refractivity (Wildman–Crippen MR) is 73.8 cm³/mol. The molecule has 0 aliphatic carbocycles. The molecule has 3 heteroatoms. The van der Waals surface area contributed by atoms with E-state index in [0.717, 1.165) is 44.7 Å². The molecule has 2 saturated heterocycles. The van der Waals surface area contributed by atoms with Gasteiger partial charge in [-0.25, -0.2) is 0 Å². The highest BCUT2D eigenvalue weighted by Gasteiger charge is 2.27. The van der Waals surface area contributed by atoms with Gasteiger partial charge in [-0.1, -0.05) is 6.92 Å². The Hall–Kier alpha value is -0.120. The maximum atomic E-state index is 5.95. The van der Waals surface area contributed by atoms with Gasteiger partial charge in [-0.2, -0.15) is 0 Å². The summed E-state index contributed by atoms with van der Waals surface area (Å²) in [6, 6.07) is 0.648. The summed E-state index contributed by atoms with van der Waals surface area (Å²) < 4.78 is 11.4. The molecule has 106 valence electrons. The zero-order chi connectivity index (χ0) is 13.0. The summed E-state index contributed by atoms with van der Waals surface area (Å²) in [6.07, 6.45) is 4.14. The van der Waals surface area contributed by atoms with E-state index in [4.69, 9.17) is 9.47 Å². The molecule has 2 heterocycles. The summed E-state index contributed by atoms with van der Waals surface area (Å²) in [5.74, 6) is 1.61. The largest absolute Gasteiger partial charge is 0.381 e. The molecule has 0 amide bonds. The summed E-state index contributed by atoms with van der Waals surface area (Å²) in [6.45, 7) is 12.0. The van der Waals surface area contributed by atoms with Crippen molar-refractivity contribution in [2.45, 2.75) is 52.2 Å². The van der Waals surface area contributed by atoms with E-state index in [1.807, 2.05) is 0 Å². The molecule has 2 unspecified atom stereocenters. The first-order chi connectivity index (χ1) is 8.66. The summed E-state index contributed by atoms with van der Waals surface area (Å²) in [5.41, 5.74) is 0. The molecule has 0 N–H and O–H groups in total. The Labute approximate surface area is 112 Å². The number of hydrogen-bond donors (Lipinski definition) is 0. The lowest BCUT2D eigenvalue weighted by Crippen LogP contribution is -2.46. The Kier molecular flexibility index (Phi) is 5.46. The smallest absolute Gasteiger partial charge is 0.0705 e. The van der Waals surface area contributed by atoms with E-state index >= 15 is 0 Å². The molecule has 2 rings (SSSR count). The maximum absolute atomic E-state index is 5.95. The van der Waals surface area contributed by atoms with E-state index in [-0.39, 0.29) is 0 Å². The molecule has 2 atom stereocenters. The monoisotopic (exact) mass is 255 g/mol. The Balaban J connectivity index is 1.77. The normalized spacial score (nSPS) is 29.7. The molecular weight excluding hydrogens is 226 g/mol. The average molecular weight is 255 g/mol. The van der Waals surface area contributed by atoms with Crippen LogP contribution < -0.4 is 0 Å². The van der Waals surface area contributed by atoms with E-state index in [9.17, 15) is 0 Å². The predicted octanol–water partition coefficient (Wildman–Crippen LogP) is 2.55. The van der Waals surface area contributed by atoms with Crippen LogP contribution in [0.2, 0.25) is 0 Å². The fraction of sp³-hybridized carbons (Fsp3) is 1.00. The second kappa shape index (κ2) is 6.88. The minimum Gasteiger partial charge on any atom is -0.381 e. The van der Waals surface area contributed by atoms with Crippen molar-refractivity contribution in [3.05, 3.63) is 0 Å². The van der Waals surface area contributed by atoms with Crippen LogP contribution in [0.4, 0.5) is 0 Å². The highest BCUT2D eigenvalue weighted by Crippen LogP contribution is 2.28. The van der Waals surface area contributed by atoms with Crippen molar-refractivity contribution < 1.29 is 9.47 Å². The molecular formula is C15H29NO2. The van der Waals surface area contributed by atoms with Crippen molar-refractivity contribution in [3.8, 4) is 0 Å². The van der Waals surface area contributed by atoms with Crippen LogP contribution in [0.3, 0.4) is 0 Å². The number of nitrogens with zero attached hydrogens (tertiary/aromatic N) is 1. The van der Waals surface area contributed by atoms with Gasteiger partial charge in [0.15, 0.2) is 0 Å². The van der Waals surface area contributed by atoms with Crippen molar-refractivity contribution in [3.63, 3.8) is 0 Å². The van der Waals surface area contributed by atoms with E-state index in [0.29, 0.717) is 12.1 Å². The van der Waals surface area contributed by atoms with Crippen molar-refractivity contribution >= 4 is 0 Å². The lowest BCUT2D eigenvalue weighted by atomic mass is 9.83. The van der Waals surface area contributed by atoms with Crippen molar-refractivity contribution in [2.24, 2.45) is 11.8 Å². The van der Waals surface area contributed by atoms with Crippen LogP contribution in [0.1, 0.15) is 40.0 Å². The Morgan fingerprint density at radius 2 is 1.83 bits per heavy atom. The molecule has 0 radical (unpaired) electrons. The summed E-state index contributed by atoms with van der Waals surface area (Å²) in [4.78, 5) is 2.55. The first-order valence-corrected chi connectivity index (χ1v) is 7.60. The van der Waals surface area contributed by atoms with Crippen LogP contribution in [0, 0.1) is 11.8 Å². The number of hydrogen-bond acceptors (Lipinski definition) is 3. The second-order valence-corrected chi connectivity index (χ2v) is 6.24. The lowest BCUT2D eigenvalue weighted by molar-refractivity contribution is -0.0549. The molecule has 18 heavy (non-hydrogen) atoms. The summed E-state index contributed by atoms with van der Waals surface area (Å²) in [7, 11) is 0. The van der Waals surface area contributed by atoms with Crippen molar-refractivity contribution in [2.75, 3.05) is 32.9 Å². The number of ether oxygens (including phenoxy) is 2. The van der Waals surface area contributed by atoms with Gasteiger partial charge < -0.3 is 9.47 Å². The van der Waals surface area contributed by atoms with Gasteiger partial charge >= 0.3 is 0 Å². The molecule has 0 bridgehead atoms. The Bertz CT molecular complexity index is 239. The average Bonchev–Trinajstić information content (AvgIpc) is 2.40. The van der Waals surface area contributed by atoms with E-state index in [1.54, 1.807) is 0 Å². The molecule has 0 spiro atoms. The molecule has 3 nitrogen and oxygen atoms in total. The van der Waals surface area contributed by atoms with Gasteiger partial charge in [0.05, 0.1) is 12.7 Å². The van der Waals surface area contributed by atoms with E-state index in [2.05, 4.69) is 25.7 Å². The lowest BCUT2D eigenvalue weighted by Gasteiger charge is -2.38. The fourth-order valence-corrected chi connectivity index (χ4v) is 3.25.